The Morgan fingerprint density at radius 2 is 1.85 bits per heavy atom. The summed E-state index contributed by atoms with van der Waals surface area (Å²) in [5.74, 6) is -0.687. The molecule has 3 heterocycles. The molecule has 0 bridgehead atoms. The number of halogens is 3. The number of alkyl halides is 3. The SMILES string of the molecule is Cc1cc([C@@H]2CCCN[C@@H]2C)n2nc([C@H]3CC[C@H](C(F)(F)F)CC3)cc2n1. The molecule has 148 valence electrons. The van der Waals surface area contributed by atoms with Gasteiger partial charge < -0.3 is 5.32 Å². The van der Waals surface area contributed by atoms with E-state index in [1.165, 1.54) is 0 Å². The van der Waals surface area contributed by atoms with Crippen LogP contribution in [0.15, 0.2) is 12.1 Å². The van der Waals surface area contributed by atoms with Gasteiger partial charge in [0.25, 0.3) is 0 Å². The van der Waals surface area contributed by atoms with Crippen LogP contribution in [0.3, 0.4) is 0 Å². The summed E-state index contributed by atoms with van der Waals surface area (Å²) in [5.41, 5.74) is 3.83. The summed E-state index contributed by atoms with van der Waals surface area (Å²) in [6.45, 7) is 5.23. The molecule has 2 aliphatic rings. The van der Waals surface area contributed by atoms with Gasteiger partial charge in [-0.3, -0.25) is 0 Å². The zero-order valence-corrected chi connectivity index (χ0v) is 15.9. The van der Waals surface area contributed by atoms with Gasteiger partial charge in [0.15, 0.2) is 5.65 Å². The fourth-order valence-electron chi connectivity index (χ4n) is 4.77. The molecule has 4 nitrogen and oxygen atoms in total. The van der Waals surface area contributed by atoms with Crippen LogP contribution < -0.4 is 5.32 Å². The number of aromatic nitrogens is 3. The van der Waals surface area contributed by atoms with E-state index >= 15 is 0 Å². The number of nitrogens with one attached hydrogen (secondary N) is 1. The van der Waals surface area contributed by atoms with Crippen molar-refractivity contribution in [2.24, 2.45) is 5.92 Å². The van der Waals surface area contributed by atoms with Crippen LogP contribution in [0.2, 0.25) is 0 Å². The van der Waals surface area contributed by atoms with Gasteiger partial charge in [-0.15, -0.1) is 0 Å². The largest absolute Gasteiger partial charge is 0.391 e. The van der Waals surface area contributed by atoms with Crippen LogP contribution in [0.25, 0.3) is 5.65 Å². The van der Waals surface area contributed by atoms with Gasteiger partial charge in [0, 0.05) is 29.6 Å². The number of piperidine rings is 1. The first-order valence-corrected chi connectivity index (χ1v) is 10.00. The molecule has 2 aromatic rings. The minimum absolute atomic E-state index is 0.0976. The van der Waals surface area contributed by atoms with Gasteiger partial charge in [0.1, 0.15) is 0 Å². The summed E-state index contributed by atoms with van der Waals surface area (Å²) in [6, 6.07) is 4.47. The molecule has 0 amide bonds. The average Bonchev–Trinajstić information content (AvgIpc) is 3.05. The zero-order chi connectivity index (χ0) is 19.2. The number of hydrogen-bond donors (Lipinski definition) is 1. The van der Waals surface area contributed by atoms with E-state index in [-0.39, 0.29) is 18.8 Å². The standard InChI is InChI=1S/C20H27F3N4/c1-12-10-18(16-4-3-9-24-13(16)2)27-19(25-12)11-17(26-27)14-5-7-15(8-6-14)20(21,22)23/h10-11,13-16,24H,3-9H2,1-2H3/t13-,14-,15-,16-/m1/s1. The molecule has 1 saturated heterocycles. The molecule has 7 heteroatoms. The topological polar surface area (TPSA) is 42.2 Å². The number of nitrogens with zero attached hydrogens (tertiary/aromatic N) is 3. The Kier molecular flexibility index (Phi) is 4.91. The molecule has 2 fully saturated rings. The third-order valence-corrected chi connectivity index (χ3v) is 6.35. The second-order valence-electron chi connectivity index (χ2n) is 8.24. The second kappa shape index (κ2) is 7.08. The van der Waals surface area contributed by atoms with Crippen LogP contribution in [0.4, 0.5) is 13.2 Å². The molecule has 2 atom stereocenters. The van der Waals surface area contributed by atoms with Gasteiger partial charge in [-0.1, -0.05) is 0 Å². The van der Waals surface area contributed by atoms with E-state index in [9.17, 15) is 13.2 Å². The molecular weight excluding hydrogens is 353 g/mol. The van der Waals surface area contributed by atoms with Gasteiger partial charge >= 0.3 is 6.18 Å². The molecule has 1 saturated carbocycles. The van der Waals surface area contributed by atoms with E-state index in [2.05, 4.69) is 23.3 Å². The van der Waals surface area contributed by atoms with E-state index in [1.807, 2.05) is 17.5 Å². The van der Waals surface area contributed by atoms with Crippen LogP contribution in [0, 0.1) is 12.8 Å². The first-order chi connectivity index (χ1) is 12.8. The van der Waals surface area contributed by atoms with Crippen molar-refractivity contribution in [3.05, 3.63) is 29.2 Å². The van der Waals surface area contributed by atoms with Crippen molar-refractivity contribution in [3.63, 3.8) is 0 Å². The van der Waals surface area contributed by atoms with Crippen molar-refractivity contribution in [3.8, 4) is 0 Å². The van der Waals surface area contributed by atoms with Crippen LogP contribution in [-0.4, -0.2) is 33.4 Å². The molecule has 0 radical (unpaired) electrons. The zero-order valence-electron chi connectivity index (χ0n) is 15.9. The lowest BCUT2D eigenvalue weighted by molar-refractivity contribution is -0.182. The van der Waals surface area contributed by atoms with Gasteiger partial charge in [0.05, 0.1) is 17.3 Å². The Morgan fingerprint density at radius 1 is 1.11 bits per heavy atom. The maximum absolute atomic E-state index is 12.9. The smallest absolute Gasteiger partial charge is 0.314 e. The number of aryl methyl sites for hydroxylation is 1. The van der Waals surface area contributed by atoms with E-state index in [1.54, 1.807) is 0 Å². The Bertz CT molecular complexity index is 805. The highest BCUT2D eigenvalue weighted by Gasteiger charge is 2.42. The van der Waals surface area contributed by atoms with Crippen molar-refractivity contribution in [1.82, 2.24) is 19.9 Å². The number of rotatable bonds is 2. The van der Waals surface area contributed by atoms with Gasteiger partial charge in [-0.05, 0) is 65.0 Å². The second-order valence-corrected chi connectivity index (χ2v) is 8.24. The monoisotopic (exact) mass is 380 g/mol. The van der Waals surface area contributed by atoms with E-state index in [0.717, 1.165) is 42.1 Å². The van der Waals surface area contributed by atoms with E-state index in [4.69, 9.17) is 5.10 Å². The first-order valence-electron chi connectivity index (χ1n) is 10.00. The lowest BCUT2D eigenvalue weighted by Crippen LogP contribution is -2.38. The fraction of sp³-hybridized carbons (Fsp3) is 0.700. The Hall–Kier alpha value is -1.63. The average molecular weight is 380 g/mol. The van der Waals surface area contributed by atoms with Crippen LogP contribution in [-0.2, 0) is 0 Å². The molecule has 4 rings (SSSR count). The molecule has 0 unspecified atom stereocenters. The molecular formula is C20H27F3N4. The summed E-state index contributed by atoms with van der Waals surface area (Å²) in [5, 5.41) is 8.36. The van der Waals surface area contributed by atoms with Crippen LogP contribution >= 0.6 is 0 Å². The van der Waals surface area contributed by atoms with Gasteiger partial charge in [-0.2, -0.15) is 18.3 Å². The molecule has 0 aromatic carbocycles. The van der Waals surface area contributed by atoms with Crippen LogP contribution in [0.1, 0.15) is 74.4 Å². The maximum atomic E-state index is 12.9. The normalized spacial score (nSPS) is 30.0. The Morgan fingerprint density at radius 3 is 2.52 bits per heavy atom. The molecule has 1 N–H and O–H groups in total. The van der Waals surface area contributed by atoms with Crippen molar-refractivity contribution in [1.29, 1.82) is 0 Å². The fourth-order valence-corrected chi connectivity index (χ4v) is 4.77. The lowest BCUT2D eigenvalue weighted by Gasteiger charge is -2.30. The van der Waals surface area contributed by atoms with Crippen molar-refractivity contribution >= 4 is 5.65 Å². The first kappa shape index (κ1) is 18.7. The van der Waals surface area contributed by atoms with Crippen molar-refractivity contribution in [2.45, 2.75) is 76.4 Å². The van der Waals surface area contributed by atoms with Crippen LogP contribution in [0.5, 0.6) is 0 Å². The summed E-state index contributed by atoms with van der Waals surface area (Å²) in [4.78, 5) is 4.63. The summed E-state index contributed by atoms with van der Waals surface area (Å²) in [7, 11) is 0. The predicted octanol–water partition coefficient (Wildman–Crippen LogP) is 4.73. The number of hydrogen-bond acceptors (Lipinski definition) is 3. The summed E-state index contributed by atoms with van der Waals surface area (Å²) < 4.78 is 40.8. The van der Waals surface area contributed by atoms with E-state index < -0.39 is 12.1 Å². The molecule has 2 aromatic heterocycles. The minimum atomic E-state index is -4.07. The number of fused-ring (bicyclic) bond motifs is 1. The molecule has 0 spiro atoms. The Labute approximate surface area is 157 Å². The summed E-state index contributed by atoms with van der Waals surface area (Å²) in [6.07, 6.45) is -0.338. The predicted molar refractivity (Wildman–Crippen MR) is 97.9 cm³/mol. The van der Waals surface area contributed by atoms with Crippen molar-refractivity contribution < 1.29 is 13.2 Å². The highest BCUT2D eigenvalue weighted by Crippen LogP contribution is 2.42. The maximum Gasteiger partial charge on any atom is 0.391 e. The molecule has 1 aliphatic carbocycles. The van der Waals surface area contributed by atoms with Gasteiger partial charge in [-0.25, -0.2) is 9.50 Å². The molecule has 27 heavy (non-hydrogen) atoms. The third-order valence-electron chi connectivity index (χ3n) is 6.35. The van der Waals surface area contributed by atoms with E-state index in [0.29, 0.717) is 24.8 Å². The highest BCUT2D eigenvalue weighted by molar-refractivity contribution is 5.43. The third kappa shape index (κ3) is 3.71. The summed E-state index contributed by atoms with van der Waals surface area (Å²) >= 11 is 0. The molecule has 1 aliphatic heterocycles. The Balaban J connectivity index is 1.62. The van der Waals surface area contributed by atoms with Gasteiger partial charge in [0.2, 0.25) is 0 Å². The quantitative estimate of drug-likeness (QED) is 0.819. The lowest BCUT2D eigenvalue weighted by atomic mass is 9.80. The minimum Gasteiger partial charge on any atom is -0.314 e. The highest BCUT2D eigenvalue weighted by atomic mass is 19.4. The van der Waals surface area contributed by atoms with Crippen molar-refractivity contribution in [2.75, 3.05) is 6.54 Å².